The second kappa shape index (κ2) is 9.75. The summed E-state index contributed by atoms with van der Waals surface area (Å²) >= 11 is 0. The molecule has 0 bridgehead atoms. The van der Waals surface area contributed by atoms with Crippen LogP contribution in [0.5, 0.6) is 0 Å². The number of aromatic amines is 1. The van der Waals surface area contributed by atoms with Gasteiger partial charge in [-0.3, -0.25) is 14.8 Å². The van der Waals surface area contributed by atoms with Crippen LogP contribution in [0.25, 0.3) is 22.5 Å². The molecule has 0 amide bonds. The Morgan fingerprint density at radius 3 is 2.47 bits per heavy atom. The Kier molecular flexibility index (Phi) is 6.31. The van der Waals surface area contributed by atoms with Crippen molar-refractivity contribution in [2.45, 2.75) is 52.4 Å². The molecule has 2 aromatic carbocycles. The van der Waals surface area contributed by atoms with Gasteiger partial charge in [-0.05, 0) is 47.2 Å². The van der Waals surface area contributed by atoms with Gasteiger partial charge in [0.05, 0.1) is 12.7 Å². The van der Waals surface area contributed by atoms with Crippen LogP contribution < -0.4 is 0 Å². The maximum atomic E-state index is 5.34. The largest absolute Gasteiger partial charge is 0.348 e. The fourth-order valence-corrected chi connectivity index (χ4v) is 5.71. The van der Waals surface area contributed by atoms with E-state index in [2.05, 4.69) is 92.5 Å². The molecule has 8 heteroatoms. The second-order valence-electron chi connectivity index (χ2n) is 10.8. The maximum Gasteiger partial charge on any atom is 0.205 e. The molecule has 1 aliphatic carbocycles. The van der Waals surface area contributed by atoms with Crippen LogP contribution >= 0.6 is 0 Å². The summed E-state index contributed by atoms with van der Waals surface area (Å²) in [5.74, 6) is 3.16. The maximum absolute atomic E-state index is 5.34. The number of tetrazole rings is 1. The molecule has 36 heavy (non-hydrogen) atoms. The Bertz CT molecular complexity index is 1200. The minimum atomic E-state index is 0.284. The first-order valence-corrected chi connectivity index (χ1v) is 13.3. The molecule has 2 fully saturated rings. The summed E-state index contributed by atoms with van der Waals surface area (Å²) in [6, 6.07) is 17.6. The SMILES string of the molecule is CCN1CC2C(N=C(C(C)C)N2Cc2ccc(-c3ccccc3-c3nn[nH]n3)cc2)N(CC2CC2)C1. The van der Waals surface area contributed by atoms with E-state index in [1.807, 2.05) is 12.1 Å². The molecule has 2 atom stereocenters. The van der Waals surface area contributed by atoms with Crippen LogP contribution in [0.3, 0.4) is 0 Å². The number of amidine groups is 1. The minimum Gasteiger partial charge on any atom is -0.348 e. The quantitative estimate of drug-likeness (QED) is 0.519. The number of H-pyrrole nitrogens is 1. The van der Waals surface area contributed by atoms with Crippen molar-refractivity contribution in [3.05, 3.63) is 54.1 Å². The number of likely N-dealkylation sites (N-methyl/N-ethyl adjacent to an activating group) is 1. The highest BCUT2D eigenvalue weighted by atomic mass is 15.5. The van der Waals surface area contributed by atoms with Gasteiger partial charge >= 0.3 is 0 Å². The Morgan fingerprint density at radius 2 is 1.81 bits per heavy atom. The second-order valence-corrected chi connectivity index (χ2v) is 10.8. The van der Waals surface area contributed by atoms with Gasteiger partial charge in [0.2, 0.25) is 5.82 Å². The van der Waals surface area contributed by atoms with Crippen LogP contribution in [-0.4, -0.2) is 79.7 Å². The van der Waals surface area contributed by atoms with Crippen molar-refractivity contribution in [1.82, 2.24) is 35.3 Å². The minimum absolute atomic E-state index is 0.284. The van der Waals surface area contributed by atoms with Gasteiger partial charge in [0.1, 0.15) is 12.0 Å². The van der Waals surface area contributed by atoms with Crippen LogP contribution in [-0.2, 0) is 6.54 Å². The van der Waals surface area contributed by atoms with Crippen molar-refractivity contribution in [3.8, 4) is 22.5 Å². The number of nitrogens with one attached hydrogen (secondary N) is 1. The normalized spacial score (nSPS) is 22.8. The van der Waals surface area contributed by atoms with Crippen molar-refractivity contribution in [2.75, 3.05) is 26.3 Å². The van der Waals surface area contributed by atoms with E-state index in [4.69, 9.17) is 4.99 Å². The van der Waals surface area contributed by atoms with Gasteiger partial charge in [0.15, 0.2) is 0 Å². The zero-order chi connectivity index (χ0) is 24.6. The summed E-state index contributed by atoms with van der Waals surface area (Å²) in [4.78, 5) is 13.2. The summed E-state index contributed by atoms with van der Waals surface area (Å²) in [7, 11) is 0. The van der Waals surface area contributed by atoms with Crippen LogP contribution in [0.1, 0.15) is 39.2 Å². The highest BCUT2D eigenvalue weighted by Gasteiger charge is 2.45. The molecule has 188 valence electrons. The Balaban J connectivity index is 1.25. The number of benzene rings is 2. The third-order valence-corrected chi connectivity index (χ3v) is 7.79. The monoisotopic (exact) mass is 484 g/mol. The van der Waals surface area contributed by atoms with Crippen molar-refractivity contribution in [2.24, 2.45) is 16.8 Å². The standard InChI is InChI=1S/C28H36N8/c1-4-34-17-25-28(35(18-34)15-20-9-10-20)29-27(19(2)3)36(25)16-21-11-13-22(14-12-21)23-7-5-6-8-24(23)26-30-32-33-31-26/h5-8,11-14,19-20,25,28H,4,9-10,15-18H2,1-3H3,(H,30,31,32,33). The molecule has 0 radical (unpaired) electrons. The van der Waals surface area contributed by atoms with Crippen molar-refractivity contribution in [3.63, 3.8) is 0 Å². The molecule has 3 aromatic rings. The number of nitrogens with zero attached hydrogens (tertiary/aromatic N) is 7. The molecular formula is C28H36N8. The van der Waals surface area contributed by atoms with E-state index >= 15 is 0 Å². The lowest BCUT2D eigenvalue weighted by Crippen LogP contribution is -2.60. The van der Waals surface area contributed by atoms with Crippen LogP contribution in [0.4, 0.5) is 0 Å². The van der Waals surface area contributed by atoms with E-state index < -0.39 is 0 Å². The highest BCUT2D eigenvalue weighted by Crippen LogP contribution is 2.36. The first-order valence-electron chi connectivity index (χ1n) is 13.3. The summed E-state index contributed by atoms with van der Waals surface area (Å²) in [6.07, 6.45) is 3.05. The highest BCUT2D eigenvalue weighted by molar-refractivity contribution is 5.86. The van der Waals surface area contributed by atoms with Gasteiger partial charge in [-0.25, -0.2) is 0 Å². The number of fused-ring (bicyclic) bond motifs is 1. The van der Waals surface area contributed by atoms with Crippen LogP contribution in [0, 0.1) is 11.8 Å². The van der Waals surface area contributed by atoms with Gasteiger partial charge in [0, 0.05) is 31.1 Å². The van der Waals surface area contributed by atoms with E-state index in [9.17, 15) is 0 Å². The van der Waals surface area contributed by atoms with Gasteiger partial charge in [0.25, 0.3) is 0 Å². The fraction of sp³-hybridized carbons (Fsp3) is 0.500. The van der Waals surface area contributed by atoms with E-state index in [-0.39, 0.29) is 6.17 Å². The number of rotatable bonds is 8. The molecule has 2 unspecified atom stereocenters. The zero-order valence-corrected chi connectivity index (χ0v) is 21.5. The lowest BCUT2D eigenvalue weighted by atomic mass is 9.98. The van der Waals surface area contributed by atoms with E-state index in [0.717, 1.165) is 48.9 Å². The van der Waals surface area contributed by atoms with Crippen LogP contribution in [0.15, 0.2) is 53.5 Å². The van der Waals surface area contributed by atoms with Gasteiger partial charge in [-0.15, -0.1) is 10.2 Å². The third-order valence-electron chi connectivity index (χ3n) is 7.79. The molecule has 1 aromatic heterocycles. The molecule has 0 spiro atoms. The molecule has 1 saturated carbocycles. The lowest BCUT2D eigenvalue weighted by Gasteiger charge is -2.45. The van der Waals surface area contributed by atoms with E-state index in [0.29, 0.717) is 17.8 Å². The van der Waals surface area contributed by atoms with E-state index in [1.165, 1.54) is 30.8 Å². The molecule has 3 aliphatic rings. The summed E-state index contributed by atoms with van der Waals surface area (Å²) in [5.41, 5.74) is 4.56. The number of hydrogen-bond acceptors (Lipinski definition) is 7. The number of hydrogen-bond donors (Lipinski definition) is 1. The predicted octanol–water partition coefficient (Wildman–Crippen LogP) is 4.10. The van der Waals surface area contributed by atoms with Crippen LogP contribution in [0.2, 0.25) is 0 Å². The van der Waals surface area contributed by atoms with Crippen molar-refractivity contribution < 1.29 is 0 Å². The summed E-state index contributed by atoms with van der Waals surface area (Å²) in [6.45, 7) is 12.1. The Morgan fingerprint density at radius 1 is 1.03 bits per heavy atom. The molecule has 3 heterocycles. The Labute approximate surface area is 213 Å². The first kappa shape index (κ1) is 23.3. The number of aliphatic imine (C=N–C) groups is 1. The van der Waals surface area contributed by atoms with Gasteiger partial charge in [-0.2, -0.15) is 5.21 Å². The molecule has 6 rings (SSSR count). The topological polar surface area (TPSA) is 76.5 Å². The third kappa shape index (κ3) is 4.55. The smallest absolute Gasteiger partial charge is 0.205 e. The van der Waals surface area contributed by atoms with Gasteiger partial charge < -0.3 is 4.90 Å². The molecule has 8 nitrogen and oxygen atoms in total. The summed E-state index contributed by atoms with van der Waals surface area (Å²) in [5, 5.41) is 14.7. The molecule has 2 aliphatic heterocycles. The molecule has 1 N–H and O–H groups in total. The fourth-order valence-electron chi connectivity index (χ4n) is 5.71. The van der Waals surface area contributed by atoms with Gasteiger partial charge in [-0.1, -0.05) is 69.3 Å². The first-order chi connectivity index (χ1) is 17.6. The van der Waals surface area contributed by atoms with Crippen molar-refractivity contribution >= 4 is 5.84 Å². The number of aromatic nitrogens is 4. The van der Waals surface area contributed by atoms with Crippen molar-refractivity contribution in [1.29, 1.82) is 0 Å². The lowest BCUT2D eigenvalue weighted by molar-refractivity contribution is 0.00156. The summed E-state index contributed by atoms with van der Waals surface area (Å²) < 4.78 is 0. The average molecular weight is 485 g/mol. The molecule has 1 saturated heterocycles. The molecular weight excluding hydrogens is 448 g/mol. The van der Waals surface area contributed by atoms with E-state index in [1.54, 1.807) is 0 Å². The average Bonchev–Trinajstić information content (AvgIpc) is 3.39. The zero-order valence-electron chi connectivity index (χ0n) is 21.5. The Hall–Kier alpha value is -3.10. The predicted molar refractivity (Wildman–Crippen MR) is 142 cm³/mol.